The minimum absolute atomic E-state index is 0.163. The zero-order valence-corrected chi connectivity index (χ0v) is 27.5. The molecule has 0 spiro atoms. The molecule has 18 heteroatoms. The molecule has 3 heterocycles. The summed E-state index contributed by atoms with van der Waals surface area (Å²) in [6.45, 7) is 1.36. The second-order valence-corrected chi connectivity index (χ2v) is 12.4. The Kier molecular flexibility index (Phi) is 16.7. The summed E-state index contributed by atoms with van der Waals surface area (Å²) >= 11 is 0. The molecule has 0 aliphatic carbocycles. The Balaban J connectivity index is 1.79. The van der Waals surface area contributed by atoms with E-state index >= 15 is 0 Å². The molecule has 0 aromatic carbocycles. The largest absolute Gasteiger partial charge is 0.469 e. The maximum absolute atomic E-state index is 12.4. The molecule has 18 nitrogen and oxygen atoms in total. The van der Waals surface area contributed by atoms with Crippen LogP contribution < -0.4 is 5.32 Å². The second-order valence-electron chi connectivity index (χ2n) is 12.4. The average molecular weight is 700 g/mol. The Labute approximate surface area is 278 Å². The fourth-order valence-corrected chi connectivity index (χ4v) is 5.90. The molecule has 3 rings (SSSR count). The molecule has 9 N–H and O–H groups in total. The molecule has 15 atom stereocenters. The van der Waals surface area contributed by atoms with E-state index in [1.165, 1.54) is 21.0 Å². The van der Waals surface area contributed by atoms with Crippen LogP contribution in [0.15, 0.2) is 0 Å². The standard InChI is InChI=1S/C30H53NO17/c1-14-20(36)22(38)24(40)29(44-14)48-27-19(31-15(2)34)28(43-11-9-7-5-4-6-8-10-18(35)42-3)46-17(13-33)26(27)47-30-25(41)23(39)21(37)16(12-32)45-30/h14,16-17,19-30,32-33,36-41H,4-13H2,1-3H3,(H,31,34)/t14-,16+,17+,19+,20+,21-,22+,23-,24-,25+,26+,27+,28+,29-,30-/m0/s1. The predicted octanol–water partition coefficient (Wildman–Crippen LogP) is -3.47. The summed E-state index contributed by atoms with van der Waals surface area (Å²) in [6.07, 6.45) is -16.2. The van der Waals surface area contributed by atoms with E-state index in [-0.39, 0.29) is 12.6 Å². The van der Waals surface area contributed by atoms with Gasteiger partial charge in [0.25, 0.3) is 0 Å². The fourth-order valence-electron chi connectivity index (χ4n) is 5.90. The molecule has 3 fully saturated rings. The molecule has 48 heavy (non-hydrogen) atoms. The number of esters is 1. The van der Waals surface area contributed by atoms with E-state index < -0.39 is 111 Å². The molecular formula is C30H53NO17. The van der Waals surface area contributed by atoms with Gasteiger partial charge in [0, 0.05) is 20.0 Å². The number of aliphatic hydroxyl groups is 8. The van der Waals surface area contributed by atoms with E-state index in [9.17, 15) is 50.4 Å². The molecule has 0 unspecified atom stereocenters. The molecule has 0 aromatic rings. The first-order chi connectivity index (χ1) is 22.8. The van der Waals surface area contributed by atoms with Crippen LogP contribution in [-0.2, 0) is 42.7 Å². The normalized spacial score (nSPS) is 40.4. The summed E-state index contributed by atoms with van der Waals surface area (Å²) in [6, 6.07) is -1.21. The zero-order valence-electron chi connectivity index (χ0n) is 27.5. The first kappa shape index (κ1) is 40.8. The molecule has 0 radical (unpaired) electrons. The molecule has 1 amide bonds. The maximum Gasteiger partial charge on any atom is 0.305 e. The number of methoxy groups -OCH3 is 1. The molecule has 0 saturated carbocycles. The lowest BCUT2D eigenvalue weighted by Crippen LogP contribution is -2.69. The van der Waals surface area contributed by atoms with E-state index in [1.807, 2.05) is 0 Å². The van der Waals surface area contributed by atoms with Crippen molar-refractivity contribution in [3.05, 3.63) is 0 Å². The molecule has 0 aromatic heterocycles. The Morgan fingerprint density at radius 1 is 0.667 bits per heavy atom. The third kappa shape index (κ3) is 10.7. The summed E-state index contributed by atoms with van der Waals surface area (Å²) < 4.78 is 39.9. The van der Waals surface area contributed by atoms with Gasteiger partial charge in [-0.15, -0.1) is 0 Å². The molecule has 3 aliphatic heterocycles. The summed E-state index contributed by atoms with van der Waals surface area (Å²) in [5, 5.41) is 85.2. The summed E-state index contributed by atoms with van der Waals surface area (Å²) in [5.41, 5.74) is 0. The van der Waals surface area contributed by atoms with E-state index in [1.54, 1.807) is 0 Å². The Bertz CT molecular complexity index is 976. The quantitative estimate of drug-likeness (QED) is 0.0527. The molecule has 0 bridgehead atoms. The smallest absolute Gasteiger partial charge is 0.305 e. The van der Waals surface area contributed by atoms with Crippen LogP contribution in [0.1, 0.15) is 58.8 Å². The third-order valence-corrected chi connectivity index (χ3v) is 8.72. The number of nitrogens with one attached hydrogen (secondary N) is 1. The SMILES string of the molecule is COC(=O)CCCCCCCCO[C@@H]1O[C@H](CO)[C@@H](O[C@@H]2O[C@H](CO)[C@H](O)[C@H](O)[C@H]2O)[C@H](O[C@@H]2O[C@@H](C)[C@@H](O)[C@@H](O)[C@@H]2O)[C@H]1NC(C)=O. The van der Waals surface area contributed by atoms with Crippen molar-refractivity contribution in [2.75, 3.05) is 26.9 Å². The monoisotopic (exact) mass is 699 g/mol. The number of amides is 1. The van der Waals surface area contributed by atoms with Crippen molar-refractivity contribution in [3.63, 3.8) is 0 Å². The number of ether oxygens (including phenoxy) is 7. The summed E-state index contributed by atoms with van der Waals surface area (Å²) in [4.78, 5) is 23.7. The maximum atomic E-state index is 12.4. The summed E-state index contributed by atoms with van der Waals surface area (Å²) in [5.74, 6) is -0.803. The molecule has 3 saturated heterocycles. The Morgan fingerprint density at radius 3 is 1.81 bits per heavy atom. The number of carbonyl (C=O) groups excluding carboxylic acids is 2. The number of hydrogen-bond donors (Lipinski definition) is 9. The van der Waals surface area contributed by atoms with Crippen LogP contribution in [0.3, 0.4) is 0 Å². The van der Waals surface area contributed by atoms with Gasteiger partial charge in [0.15, 0.2) is 18.9 Å². The van der Waals surface area contributed by atoms with Gasteiger partial charge in [-0.05, 0) is 19.8 Å². The van der Waals surface area contributed by atoms with Gasteiger partial charge < -0.3 is 79.3 Å². The van der Waals surface area contributed by atoms with E-state index in [2.05, 4.69) is 10.1 Å². The lowest BCUT2D eigenvalue weighted by molar-refractivity contribution is -0.373. The van der Waals surface area contributed by atoms with Gasteiger partial charge in [-0.1, -0.05) is 25.7 Å². The Hall–Kier alpha value is -1.62. The van der Waals surface area contributed by atoms with Gasteiger partial charge in [-0.3, -0.25) is 9.59 Å². The van der Waals surface area contributed by atoms with Gasteiger partial charge in [-0.25, -0.2) is 0 Å². The zero-order chi connectivity index (χ0) is 35.5. The number of aliphatic hydroxyl groups excluding tert-OH is 8. The molecule has 280 valence electrons. The van der Waals surface area contributed by atoms with Gasteiger partial charge in [-0.2, -0.15) is 0 Å². The van der Waals surface area contributed by atoms with Crippen LogP contribution in [-0.4, -0.2) is 172 Å². The van der Waals surface area contributed by atoms with Crippen LogP contribution in [0.25, 0.3) is 0 Å². The van der Waals surface area contributed by atoms with Crippen molar-refractivity contribution >= 4 is 11.9 Å². The Morgan fingerprint density at radius 2 is 1.21 bits per heavy atom. The van der Waals surface area contributed by atoms with Crippen molar-refractivity contribution in [2.45, 2.75) is 151 Å². The number of carbonyl (C=O) groups is 2. The first-order valence-electron chi connectivity index (χ1n) is 16.4. The van der Waals surface area contributed by atoms with Crippen LogP contribution in [0.4, 0.5) is 0 Å². The predicted molar refractivity (Wildman–Crippen MR) is 160 cm³/mol. The van der Waals surface area contributed by atoms with Gasteiger partial charge in [0.2, 0.25) is 5.91 Å². The van der Waals surface area contributed by atoms with E-state index in [0.717, 1.165) is 32.1 Å². The fraction of sp³-hybridized carbons (Fsp3) is 0.933. The molecular weight excluding hydrogens is 646 g/mol. The highest BCUT2D eigenvalue weighted by Crippen LogP contribution is 2.34. The topological polar surface area (TPSA) is 273 Å². The van der Waals surface area contributed by atoms with Gasteiger partial charge in [0.05, 0.1) is 26.4 Å². The van der Waals surface area contributed by atoms with Crippen molar-refractivity contribution in [1.29, 1.82) is 0 Å². The lowest BCUT2D eigenvalue weighted by Gasteiger charge is -2.50. The van der Waals surface area contributed by atoms with Crippen molar-refractivity contribution < 1.29 is 83.6 Å². The van der Waals surface area contributed by atoms with E-state index in [4.69, 9.17) is 28.4 Å². The minimum atomic E-state index is -1.84. The van der Waals surface area contributed by atoms with Gasteiger partial charge in [0.1, 0.15) is 67.1 Å². The average Bonchev–Trinajstić information content (AvgIpc) is 3.06. The number of unbranched alkanes of at least 4 members (excludes halogenated alkanes) is 5. The van der Waals surface area contributed by atoms with Gasteiger partial charge >= 0.3 is 5.97 Å². The van der Waals surface area contributed by atoms with Crippen LogP contribution in [0.5, 0.6) is 0 Å². The van der Waals surface area contributed by atoms with Crippen molar-refractivity contribution in [1.82, 2.24) is 5.32 Å². The highest BCUT2D eigenvalue weighted by molar-refractivity contribution is 5.73. The van der Waals surface area contributed by atoms with Crippen LogP contribution in [0.2, 0.25) is 0 Å². The number of hydrogen-bond acceptors (Lipinski definition) is 17. The highest BCUT2D eigenvalue weighted by atomic mass is 16.8. The number of rotatable bonds is 17. The van der Waals surface area contributed by atoms with E-state index in [0.29, 0.717) is 12.8 Å². The minimum Gasteiger partial charge on any atom is -0.469 e. The van der Waals surface area contributed by atoms with Crippen molar-refractivity contribution in [3.8, 4) is 0 Å². The van der Waals surface area contributed by atoms with Crippen molar-refractivity contribution in [2.24, 2.45) is 0 Å². The second kappa shape index (κ2) is 19.7. The van der Waals surface area contributed by atoms with Crippen LogP contribution >= 0.6 is 0 Å². The summed E-state index contributed by atoms with van der Waals surface area (Å²) in [7, 11) is 1.35. The van der Waals surface area contributed by atoms with Crippen LogP contribution in [0, 0.1) is 0 Å². The lowest BCUT2D eigenvalue weighted by atomic mass is 9.94. The first-order valence-corrected chi connectivity index (χ1v) is 16.4. The molecule has 3 aliphatic rings. The highest BCUT2D eigenvalue weighted by Gasteiger charge is 2.54. The third-order valence-electron chi connectivity index (χ3n) is 8.72.